The van der Waals surface area contributed by atoms with Crippen LogP contribution in [0.2, 0.25) is 0 Å². The first-order valence-corrected chi connectivity index (χ1v) is 9.19. The molecule has 2 aromatic heterocycles. The molecule has 1 aliphatic heterocycles. The minimum atomic E-state index is 0.0199. The van der Waals surface area contributed by atoms with Crippen molar-refractivity contribution in [3.63, 3.8) is 0 Å². The van der Waals surface area contributed by atoms with Gasteiger partial charge in [0, 0.05) is 44.4 Å². The summed E-state index contributed by atoms with van der Waals surface area (Å²) in [4.78, 5) is 18.1. The average molecular weight is 343 g/mol. The van der Waals surface area contributed by atoms with Crippen LogP contribution in [0.5, 0.6) is 0 Å². The zero-order valence-corrected chi connectivity index (χ0v) is 15.7. The van der Waals surface area contributed by atoms with E-state index in [2.05, 4.69) is 42.0 Å². The third-order valence-electron chi connectivity index (χ3n) is 4.88. The second kappa shape index (κ2) is 7.02. The molecular weight excluding hydrogens is 314 g/mol. The number of nitrogens with zero attached hydrogens (tertiary/aromatic N) is 4. The molecule has 6 heteroatoms. The number of carbonyl (C=O) groups excluding carboxylic acids is 1. The Bertz CT molecular complexity index is 746. The van der Waals surface area contributed by atoms with E-state index in [1.807, 2.05) is 16.9 Å². The molecule has 0 radical (unpaired) electrons. The number of nitrogens with one attached hydrogen (secondary N) is 1. The van der Waals surface area contributed by atoms with Crippen LogP contribution in [0.25, 0.3) is 5.52 Å². The summed E-state index contributed by atoms with van der Waals surface area (Å²) in [5.41, 5.74) is 2.18. The minimum absolute atomic E-state index is 0.0199. The predicted octanol–water partition coefficient (Wildman–Crippen LogP) is 2.77. The summed E-state index contributed by atoms with van der Waals surface area (Å²) in [5.74, 6) is 1.66. The first-order valence-electron chi connectivity index (χ1n) is 9.19. The molecule has 136 valence electrons. The summed E-state index contributed by atoms with van der Waals surface area (Å²) in [6, 6.07) is 2.17. The van der Waals surface area contributed by atoms with E-state index in [4.69, 9.17) is 5.10 Å². The molecule has 1 saturated heterocycles. The number of fused-ring (bicyclic) bond motifs is 1. The van der Waals surface area contributed by atoms with Gasteiger partial charge in [-0.2, -0.15) is 5.10 Å². The summed E-state index contributed by atoms with van der Waals surface area (Å²) in [5, 5.41) is 7.64. The van der Waals surface area contributed by atoms with Crippen LogP contribution in [0.3, 0.4) is 0 Å². The standard InChI is InChI=1S/C19H29N5O/c1-14(25)20-8-7-15-6-5-10-23(13-15)18-16-12-17(19(2,3)4)22-24(16)11-9-21-18/h9,11-12,15H,5-8,10,13H2,1-4H3,(H,20,25). The summed E-state index contributed by atoms with van der Waals surface area (Å²) < 4.78 is 1.95. The zero-order chi connectivity index (χ0) is 18.0. The molecule has 0 aromatic carbocycles. The van der Waals surface area contributed by atoms with Gasteiger partial charge in [-0.05, 0) is 31.2 Å². The van der Waals surface area contributed by atoms with Gasteiger partial charge in [-0.3, -0.25) is 4.79 Å². The normalized spacial score (nSPS) is 18.6. The fourth-order valence-corrected chi connectivity index (χ4v) is 3.46. The van der Waals surface area contributed by atoms with Crippen LogP contribution in [-0.2, 0) is 10.2 Å². The van der Waals surface area contributed by atoms with Gasteiger partial charge in [-0.15, -0.1) is 0 Å². The molecule has 25 heavy (non-hydrogen) atoms. The molecule has 0 saturated carbocycles. The van der Waals surface area contributed by atoms with Gasteiger partial charge in [0.1, 0.15) is 5.52 Å². The number of aromatic nitrogens is 3. The number of carbonyl (C=O) groups is 1. The van der Waals surface area contributed by atoms with Crippen molar-refractivity contribution in [1.82, 2.24) is 19.9 Å². The van der Waals surface area contributed by atoms with E-state index in [0.29, 0.717) is 5.92 Å². The van der Waals surface area contributed by atoms with Crippen LogP contribution in [-0.4, -0.2) is 40.1 Å². The topological polar surface area (TPSA) is 62.5 Å². The molecule has 0 bridgehead atoms. The number of rotatable bonds is 4. The van der Waals surface area contributed by atoms with E-state index < -0.39 is 0 Å². The molecule has 6 nitrogen and oxygen atoms in total. The van der Waals surface area contributed by atoms with Gasteiger partial charge in [-0.1, -0.05) is 20.8 Å². The zero-order valence-electron chi connectivity index (χ0n) is 15.7. The van der Waals surface area contributed by atoms with Crippen LogP contribution in [0.1, 0.15) is 52.7 Å². The van der Waals surface area contributed by atoms with E-state index >= 15 is 0 Å². The number of hydrogen-bond acceptors (Lipinski definition) is 4. The lowest BCUT2D eigenvalue weighted by atomic mass is 9.92. The predicted molar refractivity (Wildman–Crippen MR) is 99.9 cm³/mol. The molecule has 1 amide bonds. The fraction of sp³-hybridized carbons (Fsp3) is 0.632. The Kier molecular flexibility index (Phi) is 4.97. The lowest BCUT2D eigenvalue weighted by molar-refractivity contribution is -0.119. The monoisotopic (exact) mass is 343 g/mol. The van der Waals surface area contributed by atoms with Crippen LogP contribution in [0, 0.1) is 5.92 Å². The summed E-state index contributed by atoms with van der Waals surface area (Å²) >= 11 is 0. The smallest absolute Gasteiger partial charge is 0.216 e. The molecule has 1 aliphatic rings. The summed E-state index contributed by atoms with van der Waals surface area (Å²) in [6.07, 6.45) is 7.15. The van der Waals surface area contributed by atoms with Crippen molar-refractivity contribution >= 4 is 17.2 Å². The number of amides is 1. The average Bonchev–Trinajstić information content (AvgIpc) is 2.99. The van der Waals surface area contributed by atoms with E-state index in [-0.39, 0.29) is 11.3 Å². The molecule has 1 unspecified atom stereocenters. The van der Waals surface area contributed by atoms with Crippen molar-refractivity contribution in [3.8, 4) is 0 Å². The lowest BCUT2D eigenvalue weighted by Crippen LogP contribution is -2.37. The molecular formula is C19H29N5O. The van der Waals surface area contributed by atoms with E-state index in [0.717, 1.165) is 49.5 Å². The van der Waals surface area contributed by atoms with Gasteiger partial charge in [0.15, 0.2) is 5.82 Å². The Labute approximate surface area is 149 Å². The highest BCUT2D eigenvalue weighted by Gasteiger charge is 2.24. The minimum Gasteiger partial charge on any atom is -0.356 e. The van der Waals surface area contributed by atoms with Gasteiger partial charge in [0.25, 0.3) is 0 Å². The largest absolute Gasteiger partial charge is 0.356 e. The number of hydrogen-bond donors (Lipinski definition) is 1. The maximum Gasteiger partial charge on any atom is 0.216 e. The number of piperidine rings is 1. The quantitative estimate of drug-likeness (QED) is 0.927. The maximum absolute atomic E-state index is 11.1. The highest BCUT2D eigenvalue weighted by atomic mass is 16.1. The van der Waals surface area contributed by atoms with E-state index in [1.165, 1.54) is 6.42 Å². The van der Waals surface area contributed by atoms with Gasteiger partial charge >= 0.3 is 0 Å². The number of anilines is 1. The Morgan fingerprint density at radius 2 is 2.20 bits per heavy atom. The van der Waals surface area contributed by atoms with E-state index in [1.54, 1.807) is 6.92 Å². The Morgan fingerprint density at radius 1 is 1.40 bits per heavy atom. The summed E-state index contributed by atoms with van der Waals surface area (Å²) in [7, 11) is 0. The molecule has 1 atom stereocenters. The van der Waals surface area contributed by atoms with Gasteiger partial charge < -0.3 is 10.2 Å². The van der Waals surface area contributed by atoms with Crippen LogP contribution in [0.4, 0.5) is 5.82 Å². The molecule has 3 heterocycles. The van der Waals surface area contributed by atoms with Gasteiger partial charge in [-0.25, -0.2) is 9.50 Å². The highest BCUT2D eigenvalue weighted by Crippen LogP contribution is 2.29. The van der Waals surface area contributed by atoms with Crippen molar-refractivity contribution in [2.24, 2.45) is 5.92 Å². The van der Waals surface area contributed by atoms with Crippen LogP contribution < -0.4 is 10.2 Å². The first kappa shape index (κ1) is 17.7. The molecule has 0 aliphatic carbocycles. The fourth-order valence-electron chi connectivity index (χ4n) is 3.46. The maximum atomic E-state index is 11.1. The molecule has 1 fully saturated rings. The lowest BCUT2D eigenvalue weighted by Gasteiger charge is -2.33. The van der Waals surface area contributed by atoms with Crippen molar-refractivity contribution < 1.29 is 4.79 Å². The van der Waals surface area contributed by atoms with Crippen LogP contribution >= 0.6 is 0 Å². The van der Waals surface area contributed by atoms with Crippen molar-refractivity contribution in [3.05, 3.63) is 24.2 Å². The molecule has 2 aromatic rings. The van der Waals surface area contributed by atoms with Crippen molar-refractivity contribution in [1.29, 1.82) is 0 Å². The first-order chi connectivity index (χ1) is 11.8. The Hall–Kier alpha value is -2.11. The Balaban J connectivity index is 1.78. The van der Waals surface area contributed by atoms with Gasteiger partial charge in [0.05, 0.1) is 5.69 Å². The summed E-state index contributed by atoms with van der Waals surface area (Å²) in [6.45, 7) is 10.9. The highest BCUT2D eigenvalue weighted by molar-refractivity contribution is 5.72. The third-order valence-corrected chi connectivity index (χ3v) is 4.88. The Morgan fingerprint density at radius 3 is 2.92 bits per heavy atom. The third kappa shape index (κ3) is 4.11. The van der Waals surface area contributed by atoms with Crippen molar-refractivity contribution in [2.45, 2.75) is 52.4 Å². The SMILES string of the molecule is CC(=O)NCCC1CCCN(c2nccn3nc(C(C)(C)C)cc23)C1. The molecule has 1 N–H and O–H groups in total. The second-order valence-corrected chi connectivity index (χ2v) is 8.09. The second-order valence-electron chi connectivity index (χ2n) is 8.09. The molecule has 0 spiro atoms. The van der Waals surface area contributed by atoms with Gasteiger partial charge in [0.2, 0.25) is 5.91 Å². The van der Waals surface area contributed by atoms with Crippen molar-refractivity contribution in [2.75, 3.05) is 24.5 Å². The van der Waals surface area contributed by atoms with E-state index in [9.17, 15) is 4.79 Å². The van der Waals surface area contributed by atoms with Crippen LogP contribution in [0.15, 0.2) is 18.5 Å². The molecule has 3 rings (SSSR count).